The highest BCUT2D eigenvalue weighted by Gasteiger charge is 2.26. The normalized spacial score (nSPS) is 10.5. The van der Waals surface area contributed by atoms with Crippen molar-refractivity contribution in [2.45, 2.75) is 27.3 Å². The molecule has 168 valence electrons. The minimum absolute atomic E-state index is 0.216. The van der Waals surface area contributed by atoms with Crippen molar-refractivity contribution in [3.8, 4) is 0 Å². The molecule has 32 heavy (non-hydrogen) atoms. The number of nitrogens with zero attached hydrogens (tertiary/aromatic N) is 2. The van der Waals surface area contributed by atoms with Crippen molar-refractivity contribution in [1.29, 1.82) is 0 Å². The summed E-state index contributed by atoms with van der Waals surface area (Å²) < 4.78 is 12.1. The number of benzene rings is 1. The first-order valence-corrected chi connectivity index (χ1v) is 11.3. The van der Waals surface area contributed by atoms with Crippen molar-refractivity contribution in [3.63, 3.8) is 0 Å². The Labute approximate surface area is 195 Å². The smallest absolute Gasteiger partial charge is 0.348 e. The van der Waals surface area contributed by atoms with Crippen LogP contribution >= 0.6 is 23.6 Å². The number of thiophene rings is 1. The Morgan fingerprint density at radius 3 is 2.56 bits per heavy atom. The molecule has 2 aromatic heterocycles. The quantitative estimate of drug-likeness (QED) is 0.366. The zero-order valence-corrected chi connectivity index (χ0v) is 19.6. The average Bonchev–Trinajstić information content (AvgIpc) is 3.36. The summed E-state index contributed by atoms with van der Waals surface area (Å²) in [5.74, 6) is -1.01. The largest absolute Gasteiger partial charge is 0.462 e. The van der Waals surface area contributed by atoms with Gasteiger partial charge in [0.1, 0.15) is 9.88 Å². The summed E-state index contributed by atoms with van der Waals surface area (Å²) in [5, 5.41) is 11.1. The number of nitrogens with one attached hydrogen (secondary N) is 2. The van der Waals surface area contributed by atoms with Gasteiger partial charge in [-0.2, -0.15) is 5.10 Å². The van der Waals surface area contributed by atoms with Gasteiger partial charge in [-0.15, -0.1) is 11.3 Å². The van der Waals surface area contributed by atoms with Gasteiger partial charge < -0.3 is 20.1 Å². The van der Waals surface area contributed by atoms with E-state index in [4.69, 9.17) is 21.7 Å². The molecule has 2 heterocycles. The lowest BCUT2D eigenvalue weighted by Gasteiger charge is -2.12. The highest BCUT2D eigenvalue weighted by atomic mass is 32.1. The summed E-state index contributed by atoms with van der Waals surface area (Å²) >= 11 is 6.56. The SMILES string of the molecule is CCOC(=O)c1sc(NC(=S)Nc2cccc(Cn3cccn3)c2)c(C(=O)OCC)c1C. The summed E-state index contributed by atoms with van der Waals surface area (Å²) in [4.78, 5) is 25.2. The maximum atomic E-state index is 12.5. The van der Waals surface area contributed by atoms with Crippen molar-refractivity contribution < 1.29 is 19.1 Å². The zero-order chi connectivity index (χ0) is 23.1. The van der Waals surface area contributed by atoms with Crippen molar-refractivity contribution in [3.05, 3.63) is 64.3 Å². The number of anilines is 2. The molecule has 1 aromatic carbocycles. The first kappa shape index (κ1) is 23.4. The minimum Gasteiger partial charge on any atom is -0.462 e. The zero-order valence-electron chi connectivity index (χ0n) is 18.0. The lowest BCUT2D eigenvalue weighted by Crippen LogP contribution is -2.20. The number of carbonyl (C=O) groups is 2. The van der Waals surface area contributed by atoms with Crippen LogP contribution in [0.1, 0.15) is 45.0 Å². The lowest BCUT2D eigenvalue weighted by atomic mass is 10.1. The Hall–Kier alpha value is -3.24. The monoisotopic (exact) mass is 472 g/mol. The molecule has 0 unspecified atom stereocenters. The Kier molecular flexibility index (Phi) is 7.96. The summed E-state index contributed by atoms with van der Waals surface area (Å²) in [6, 6.07) is 9.64. The number of rotatable bonds is 8. The number of esters is 2. The molecule has 10 heteroatoms. The fourth-order valence-electron chi connectivity index (χ4n) is 3.04. The Morgan fingerprint density at radius 2 is 1.88 bits per heavy atom. The van der Waals surface area contributed by atoms with Crippen LogP contribution in [0.15, 0.2) is 42.7 Å². The molecular weight excluding hydrogens is 448 g/mol. The van der Waals surface area contributed by atoms with E-state index in [2.05, 4.69) is 15.7 Å². The predicted octanol–water partition coefficient (Wildman–Crippen LogP) is 4.46. The van der Waals surface area contributed by atoms with E-state index in [-0.39, 0.29) is 23.9 Å². The van der Waals surface area contributed by atoms with Gasteiger partial charge in [-0.3, -0.25) is 4.68 Å². The summed E-state index contributed by atoms with van der Waals surface area (Å²) in [6.45, 7) is 6.22. The Bertz CT molecular complexity index is 1110. The molecule has 3 aromatic rings. The topological polar surface area (TPSA) is 94.5 Å². The first-order valence-electron chi connectivity index (χ1n) is 10.0. The van der Waals surface area contributed by atoms with Gasteiger partial charge in [0.25, 0.3) is 0 Å². The summed E-state index contributed by atoms with van der Waals surface area (Å²) in [7, 11) is 0. The molecule has 8 nitrogen and oxygen atoms in total. The van der Waals surface area contributed by atoms with Crippen LogP contribution in [-0.2, 0) is 16.0 Å². The molecule has 0 radical (unpaired) electrons. The standard InChI is InChI=1S/C22H24N4O4S2/c1-4-29-20(27)17-14(3)18(21(28)30-5-2)32-19(17)25-22(31)24-16-9-6-8-15(12-16)13-26-11-7-10-23-26/h6-12H,4-5,13H2,1-3H3,(H2,24,25,31). The van der Waals surface area contributed by atoms with E-state index in [0.717, 1.165) is 22.6 Å². The van der Waals surface area contributed by atoms with Crippen molar-refractivity contribution >= 4 is 51.3 Å². The molecule has 0 amide bonds. The molecule has 2 N–H and O–H groups in total. The van der Waals surface area contributed by atoms with E-state index >= 15 is 0 Å². The van der Waals surface area contributed by atoms with E-state index in [1.807, 2.05) is 41.2 Å². The highest BCUT2D eigenvalue weighted by Crippen LogP contribution is 2.34. The molecule has 0 saturated carbocycles. The van der Waals surface area contributed by atoms with Gasteiger partial charge in [0, 0.05) is 18.1 Å². The predicted molar refractivity (Wildman–Crippen MR) is 129 cm³/mol. The highest BCUT2D eigenvalue weighted by molar-refractivity contribution is 7.80. The van der Waals surface area contributed by atoms with Gasteiger partial charge >= 0.3 is 11.9 Å². The molecular formula is C22H24N4O4S2. The number of carbonyl (C=O) groups excluding carboxylic acids is 2. The molecule has 0 bridgehead atoms. The number of ether oxygens (including phenoxy) is 2. The molecule has 3 rings (SSSR count). The minimum atomic E-state index is -0.525. The maximum absolute atomic E-state index is 12.5. The third-order valence-electron chi connectivity index (χ3n) is 4.40. The molecule has 0 aliphatic heterocycles. The van der Waals surface area contributed by atoms with E-state index in [0.29, 0.717) is 22.0 Å². The second-order valence-electron chi connectivity index (χ2n) is 6.68. The summed E-state index contributed by atoms with van der Waals surface area (Å²) in [6.07, 6.45) is 3.62. The first-order chi connectivity index (χ1) is 15.4. The van der Waals surface area contributed by atoms with E-state index in [1.165, 1.54) is 0 Å². The second-order valence-corrected chi connectivity index (χ2v) is 8.11. The van der Waals surface area contributed by atoms with Gasteiger partial charge in [0.2, 0.25) is 0 Å². The molecule has 0 atom stereocenters. The van der Waals surface area contributed by atoms with Crippen molar-refractivity contribution in [1.82, 2.24) is 9.78 Å². The third-order valence-corrected chi connectivity index (χ3v) is 5.79. The van der Waals surface area contributed by atoms with Gasteiger partial charge in [-0.1, -0.05) is 12.1 Å². The third kappa shape index (κ3) is 5.71. The van der Waals surface area contributed by atoms with Crippen LogP contribution in [-0.4, -0.2) is 40.0 Å². The van der Waals surface area contributed by atoms with Crippen LogP contribution in [0.3, 0.4) is 0 Å². The van der Waals surface area contributed by atoms with Crippen LogP contribution in [0, 0.1) is 6.92 Å². The maximum Gasteiger partial charge on any atom is 0.348 e. The van der Waals surface area contributed by atoms with Gasteiger partial charge in [0.05, 0.1) is 25.3 Å². The summed E-state index contributed by atoms with van der Waals surface area (Å²) in [5.41, 5.74) is 2.60. The number of thiocarbonyl (C=S) groups is 1. The van der Waals surface area contributed by atoms with E-state index in [9.17, 15) is 9.59 Å². The van der Waals surface area contributed by atoms with Gasteiger partial charge in [-0.05, 0) is 62.3 Å². The van der Waals surface area contributed by atoms with Gasteiger partial charge in [0.15, 0.2) is 5.11 Å². The number of hydrogen-bond donors (Lipinski definition) is 2. The lowest BCUT2D eigenvalue weighted by molar-refractivity contribution is 0.0527. The average molecular weight is 473 g/mol. The second kappa shape index (κ2) is 10.9. The number of hydrogen-bond acceptors (Lipinski definition) is 7. The van der Waals surface area contributed by atoms with Crippen molar-refractivity contribution in [2.24, 2.45) is 0 Å². The Balaban J connectivity index is 1.78. The Morgan fingerprint density at radius 1 is 1.12 bits per heavy atom. The molecule has 0 aliphatic carbocycles. The molecule has 0 saturated heterocycles. The van der Waals surface area contributed by atoms with Crippen molar-refractivity contribution in [2.75, 3.05) is 23.8 Å². The number of aromatic nitrogens is 2. The van der Waals surface area contributed by atoms with Crippen LogP contribution in [0.5, 0.6) is 0 Å². The molecule has 0 aliphatic rings. The van der Waals surface area contributed by atoms with E-state index in [1.54, 1.807) is 27.0 Å². The van der Waals surface area contributed by atoms with E-state index < -0.39 is 11.9 Å². The van der Waals surface area contributed by atoms with Crippen LogP contribution in [0.4, 0.5) is 10.7 Å². The molecule has 0 fully saturated rings. The van der Waals surface area contributed by atoms with Gasteiger partial charge in [-0.25, -0.2) is 9.59 Å². The fraction of sp³-hybridized carbons (Fsp3) is 0.273. The van der Waals surface area contributed by atoms with Crippen LogP contribution in [0.25, 0.3) is 0 Å². The fourth-order valence-corrected chi connectivity index (χ4v) is 4.41. The van der Waals surface area contributed by atoms with Crippen LogP contribution < -0.4 is 10.6 Å². The van der Waals surface area contributed by atoms with Crippen LogP contribution in [0.2, 0.25) is 0 Å². The molecule has 0 spiro atoms.